The van der Waals surface area contributed by atoms with Crippen LogP contribution in [0.3, 0.4) is 0 Å². The summed E-state index contributed by atoms with van der Waals surface area (Å²) < 4.78 is 1.97. The zero-order valence-electron chi connectivity index (χ0n) is 10.6. The molecular weight excluding hydrogens is 242 g/mol. The molecule has 0 aliphatic rings. The highest BCUT2D eigenvalue weighted by Crippen LogP contribution is 2.06. The molecular formula is C14H17N3O2. The van der Waals surface area contributed by atoms with Crippen LogP contribution in [0, 0.1) is 0 Å². The van der Waals surface area contributed by atoms with E-state index in [2.05, 4.69) is 17.1 Å². The highest BCUT2D eigenvalue weighted by atomic mass is 16.4. The van der Waals surface area contributed by atoms with Crippen molar-refractivity contribution in [3.05, 3.63) is 54.1 Å². The van der Waals surface area contributed by atoms with Crippen molar-refractivity contribution in [2.75, 3.05) is 0 Å². The number of hydrogen-bond donors (Lipinski definition) is 2. The summed E-state index contributed by atoms with van der Waals surface area (Å²) in [7, 11) is 0. The minimum atomic E-state index is -0.879. The first-order valence-electron chi connectivity index (χ1n) is 6.15. The molecule has 1 aromatic heterocycles. The lowest BCUT2D eigenvalue weighted by atomic mass is 10.1. The second kappa shape index (κ2) is 6.15. The number of aliphatic carboxylic acids is 1. The number of carboxylic acids is 1. The van der Waals surface area contributed by atoms with Gasteiger partial charge < -0.3 is 15.4 Å². The van der Waals surface area contributed by atoms with Crippen LogP contribution in [-0.4, -0.2) is 26.7 Å². The van der Waals surface area contributed by atoms with E-state index in [1.165, 1.54) is 5.56 Å². The third-order valence-corrected chi connectivity index (χ3v) is 2.80. The van der Waals surface area contributed by atoms with Crippen LogP contribution in [0.15, 0.2) is 42.9 Å². The van der Waals surface area contributed by atoms with Crippen molar-refractivity contribution in [1.82, 2.24) is 9.55 Å². The Labute approximate surface area is 111 Å². The van der Waals surface area contributed by atoms with Crippen molar-refractivity contribution in [3.8, 4) is 0 Å². The topological polar surface area (TPSA) is 81.1 Å². The number of carbonyl (C=O) groups is 1. The Morgan fingerprint density at radius 2 is 2.11 bits per heavy atom. The molecule has 0 saturated heterocycles. The number of rotatable bonds is 6. The van der Waals surface area contributed by atoms with E-state index in [9.17, 15) is 4.79 Å². The number of imidazole rings is 1. The molecule has 5 heteroatoms. The first-order chi connectivity index (χ1) is 9.13. The minimum Gasteiger partial charge on any atom is -0.481 e. The average Bonchev–Trinajstić information content (AvgIpc) is 2.76. The maximum Gasteiger partial charge on any atom is 0.304 e. The first-order valence-corrected chi connectivity index (χ1v) is 6.15. The zero-order chi connectivity index (χ0) is 13.7. The fraction of sp³-hybridized carbons (Fsp3) is 0.286. The quantitative estimate of drug-likeness (QED) is 0.818. The van der Waals surface area contributed by atoms with Gasteiger partial charge in [-0.25, -0.2) is 4.98 Å². The van der Waals surface area contributed by atoms with Gasteiger partial charge in [0.15, 0.2) is 0 Å². The molecule has 0 radical (unpaired) electrons. The van der Waals surface area contributed by atoms with E-state index in [0.717, 1.165) is 12.2 Å². The van der Waals surface area contributed by atoms with Crippen LogP contribution in [0.25, 0.3) is 0 Å². The molecule has 0 bridgehead atoms. The SMILES string of the molecule is N[C@H](CC(=O)O)Cc1cn(Cc2ccccc2)cn1. The number of benzene rings is 1. The first kappa shape index (κ1) is 13.3. The molecule has 5 nitrogen and oxygen atoms in total. The van der Waals surface area contributed by atoms with Crippen LogP contribution in [0.1, 0.15) is 17.7 Å². The second-order valence-electron chi connectivity index (χ2n) is 4.59. The summed E-state index contributed by atoms with van der Waals surface area (Å²) in [5, 5.41) is 8.66. The van der Waals surface area contributed by atoms with Crippen molar-refractivity contribution in [3.63, 3.8) is 0 Å². The molecule has 0 unspecified atom stereocenters. The Morgan fingerprint density at radius 3 is 2.79 bits per heavy atom. The predicted octanol–water partition coefficient (Wildman–Crippen LogP) is 1.28. The molecule has 1 heterocycles. The van der Waals surface area contributed by atoms with Gasteiger partial charge in [-0.05, 0) is 5.56 Å². The van der Waals surface area contributed by atoms with E-state index in [0.29, 0.717) is 6.42 Å². The molecule has 1 aromatic carbocycles. The molecule has 0 fully saturated rings. The summed E-state index contributed by atoms with van der Waals surface area (Å²) in [5.41, 5.74) is 7.76. The van der Waals surface area contributed by atoms with Gasteiger partial charge >= 0.3 is 5.97 Å². The summed E-state index contributed by atoms with van der Waals surface area (Å²) in [6.07, 6.45) is 4.10. The fourth-order valence-corrected chi connectivity index (χ4v) is 1.96. The van der Waals surface area contributed by atoms with Gasteiger partial charge in [0.25, 0.3) is 0 Å². The second-order valence-corrected chi connectivity index (χ2v) is 4.59. The molecule has 0 saturated carbocycles. The molecule has 19 heavy (non-hydrogen) atoms. The van der Waals surface area contributed by atoms with Gasteiger partial charge in [0.05, 0.1) is 18.4 Å². The van der Waals surface area contributed by atoms with Gasteiger partial charge in [0.2, 0.25) is 0 Å². The molecule has 0 spiro atoms. The average molecular weight is 259 g/mol. The van der Waals surface area contributed by atoms with Gasteiger partial charge in [0.1, 0.15) is 0 Å². The molecule has 0 aliphatic carbocycles. The van der Waals surface area contributed by atoms with Crippen LogP contribution in [0.2, 0.25) is 0 Å². The van der Waals surface area contributed by atoms with E-state index in [4.69, 9.17) is 10.8 Å². The predicted molar refractivity (Wildman–Crippen MR) is 71.7 cm³/mol. The Balaban J connectivity index is 1.94. The van der Waals surface area contributed by atoms with Crippen LogP contribution in [0.5, 0.6) is 0 Å². The summed E-state index contributed by atoms with van der Waals surface area (Å²) in [5.74, 6) is -0.879. The van der Waals surface area contributed by atoms with Crippen LogP contribution >= 0.6 is 0 Å². The smallest absolute Gasteiger partial charge is 0.304 e. The maximum absolute atomic E-state index is 10.5. The number of nitrogens with two attached hydrogens (primary N) is 1. The lowest BCUT2D eigenvalue weighted by molar-refractivity contribution is -0.137. The number of hydrogen-bond acceptors (Lipinski definition) is 3. The Hall–Kier alpha value is -2.14. The highest BCUT2D eigenvalue weighted by molar-refractivity contribution is 5.67. The van der Waals surface area contributed by atoms with E-state index >= 15 is 0 Å². The van der Waals surface area contributed by atoms with Crippen molar-refractivity contribution in [2.45, 2.75) is 25.4 Å². The molecule has 100 valence electrons. The Bertz CT molecular complexity index is 537. The molecule has 0 amide bonds. The standard InChI is InChI=1S/C14H17N3O2/c15-12(7-14(18)19)6-13-9-17(10-16-13)8-11-4-2-1-3-5-11/h1-5,9-10,12H,6-8,15H2,(H,18,19)/t12-/m0/s1. The molecule has 2 rings (SSSR count). The number of nitrogens with zero attached hydrogens (tertiary/aromatic N) is 2. The van der Waals surface area contributed by atoms with E-state index in [1.807, 2.05) is 29.0 Å². The van der Waals surface area contributed by atoms with Crippen LogP contribution < -0.4 is 5.73 Å². The highest BCUT2D eigenvalue weighted by Gasteiger charge is 2.10. The summed E-state index contributed by atoms with van der Waals surface area (Å²) in [4.78, 5) is 14.8. The van der Waals surface area contributed by atoms with E-state index < -0.39 is 12.0 Å². The van der Waals surface area contributed by atoms with E-state index in [-0.39, 0.29) is 6.42 Å². The molecule has 1 atom stereocenters. The van der Waals surface area contributed by atoms with Crippen LogP contribution in [0.4, 0.5) is 0 Å². The van der Waals surface area contributed by atoms with Gasteiger partial charge in [-0.2, -0.15) is 0 Å². The van der Waals surface area contributed by atoms with Crippen molar-refractivity contribution in [2.24, 2.45) is 5.73 Å². The lowest BCUT2D eigenvalue weighted by Gasteiger charge is -2.05. The summed E-state index contributed by atoms with van der Waals surface area (Å²) in [6, 6.07) is 9.68. The fourth-order valence-electron chi connectivity index (χ4n) is 1.96. The van der Waals surface area contributed by atoms with Crippen molar-refractivity contribution in [1.29, 1.82) is 0 Å². The summed E-state index contributed by atoms with van der Waals surface area (Å²) >= 11 is 0. The van der Waals surface area contributed by atoms with Gasteiger partial charge in [0, 0.05) is 25.2 Å². The Morgan fingerprint density at radius 1 is 1.37 bits per heavy atom. The zero-order valence-corrected chi connectivity index (χ0v) is 10.6. The van der Waals surface area contributed by atoms with E-state index in [1.54, 1.807) is 6.33 Å². The Kier molecular flexibility index (Phi) is 4.30. The summed E-state index contributed by atoms with van der Waals surface area (Å²) in [6.45, 7) is 0.752. The minimum absolute atomic E-state index is 0.0362. The van der Waals surface area contributed by atoms with Gasteiger partial charge in [-0.1, -0.05) is 30.3 Å². The third kappa shape index (κ3) is 4.22. The maximum atomic E-state index is 10.5. The number of aromatic nitrogens is 2. The number of carboxylic acid groups (broad SMARTS) is 1. The third-order valence-electron chi connectivity index (χ3n) is 2.80. The molecule has 0 aliphatic heterocycles. The normalized spacial score (nSPS) is 12.3. The van der Waals surface area contributed by atoms with Gasteiger partial charge in [-0.15, -0.1) is 0 Å². The van der Waals surface area contributed by atoms with Crippen molar-refractivity contribution < 1.29 is 9.90 Å². The molecule has 2 aromatic rings. The molecule has 3 N–H and O–H groups in total. The monoisotopic (exact) mass is 259 g/mol. The van der Waals surface area contributed by atoms with Crippen molar-refractivity contribution >= 4 is 5.97 Å². The largest absolute Gasteiger partial charge is 0.481 e. The van der Waals surface area contributed by atoms with Crippen LogP contribution in [-0.2, 0) is 17.8 Å². The van der Waals surface area contributed by atoms with Gasteiger partial charge in [-0.3, -0.25) is 4.79 Å². The lowest BCUT2D eigenvalue weighted by Crippen LogP contribution is -2.26.